The van der Waals surface area contributed by atoms with Gasteiger partial charge in [-0.2, -0.15) is 0 Å². The number of carbonyl (C=O) groups is 1. The summed E-state index contributed by atoms with van der Waals surface area (Å²) in [5.74, 6) is 1.42. The maximum atomic E-state index is 12.1. The first-order chi connectivity index (χ1) is 7.91. The number of amides is 1. The summed E-state index contributed by atoms with van der Waals surface area (Å²) in [5.41, 5.74) is 5.82. The molecule has 0 aromatic carbocycles. The Hall–Kier alpha value is -0.570. The minimum Gasteiger partial charge on any atom is -0.339 e. The molecule has 0 aromatic heterocycles. The highest BCUT2D eigenvalue weighted by Crippen LogP contribution is 2.25. The molecule has 1 rings (SSSR count). The first-order valence-electron chi connectivity index (χ1n) is 6.96. The van der Waals surface area contributed by atoms with E-state index in [-0.39, 0.29) is 6.04 Å². The fourth-order valence-corrected chi connectivity index (χ4v) is 2.64. The number of nitrogens with zero attached hydrogens (tertiary/aromatic N) is 1. The first kappa shape index (κ1) is 14.5. The maximum absolute atomic E-state index is 12.1. The van der Waals surface area contributed by atoms with Crippen molar-refractivity contribution in [1.29, 1.82) is 0 Å². The minimum atomic E-state index is 0.232. The highest BCUT2D eigenvalue weighted by molar-refractivity contribution is 5.77. The summed E-state index contributed by atoms with van der Waals surface area (Å²) in [6.45, 7) is 9.55. The summed E-state index contributed by atoms with van der Waals surface area (Å²) < 4.78 is 0. The Morgan fingerprint density at radius 3 is 2.47 bits per heavy atom. The standard InChI is InChI=1S/C14H28N2O/c1-10(2)13(6-5-12(4)15)16-8-7-11(3)9-14(16)17/h10-13H,5-9,15H2,1-4H3. The van der Waals surface area contributed by atoms with Gasteiger partial charge in [0.05, 0.1) is 0 Å². The molecule has 1 amide bonds. The molecular weight excluding hydrogens is 212 g/mol. The van der Waals surface area contributed by atoms with Crippen molar-refractivity contribution in [2.24, 2.45) is 17.6 Å². The molecule has 17 heavy (non-hydrogen) atoms. The molecule has 3 unspecified atom stereocenters. The number of hydrogen-bond acceptors (Lipinski definition) is 2. The summed E-state index contributed by atoms with van der Waals surface area (Å²) in [5, 5.41) is 0. The average molecular weight is 240 g/mol. The molecule has 1 aliphatic rings. The summed E-state index contributed by atoms with van der Waals surface area (Å²) in [4.78, 5) is 14.2. The molecule has 1 aliphatic heterocycles. The predicted octanol–water partition coefficient (Wildman–Crippen LogP) is 2.40. The molecule has 0 saturated carbocycles. The van der Waals surface area contributed by atoms with E-state index >= 15 is 0 Å². The predicted molar refractivity (Wildman–Crippen MR) is 71.6 cm³/mol. The van der Waals surface area contributed by atoms with Gasteiger partial charge in [-0.3, -0.25) is 4.79 Å². The zero-order chi connectivity index (χ0) is 13.0. The molecule has 0 radical (unpaired) electrons. The summed E-state index contributed by atoms with van der Waals surface area (Å²) in [7, 11) is 0. The Morgan fingerprint density at radius 2 is 2.00 bits per heavy atom. The van der Waals surface area contributed by atoms with Crippen molar-refractivity contribution in [3.8, 4) is 0 Å². The van der Waals surface area contributed by atoms with E-state index in [1.165, 1.54) is 0 Å². The Bertz CT molecular complexity index is 251. The highest BCUT2D eigenvalue weighted by atomic mass is 16.2. The van der Waals surface area contributed by atoms with Crippen molar-refractivity contribution in [3.63, 3.8) is 0 Å². The second kappa shape index (κ2) is 6.39. The molecule has 100 valence electrons. The SMILES string of the molecule is CC(N)CCC(C(C)C)N1CCC(C)CC1=O. The number of piperidine rings is 1. The third-order valence-electron chi connectivity index (χ3n) is 3.79. The van der Waals surface area contributed by atoms with E-state index in [0.29, 0.717) is 23.8 Å². The van der Waals surface area contributed by atoms with E-state index in [9.17, 15) is 4.79 Å². The van der Waals surface area contributed by atoms with Crippen LogP contribution in [0.1, 0.15) is 53.4 Å². The van der Waals surface area contributed by atoms with Gasteiger partial charge in [-0.25, -0.2) is 0 Å². The molecule has 1 fully saturated rings. The number of nitrogens with two attached hydrogens (primary N) is 1. The van der Waals surface area contributed by atoms with Gasteiger partial charge in [-0.05, 0) is 38.0 Å². The molecule has 0 bridgehead atoms. The van der Waals surface area contributed by atoms with Crippen LogP contribution in [0.3, 0.4) is 0 Å². The zero-order valence-electron chi connectivity index (χ0n) is 11.8. The van der Waals surface area contributed by atoms with Crippen LogP contribution in [0.15, 0.2) is 0 Å². The van der Waals surface area contributed by atoms with Crippen molar-refractivity contribution in [3.05, 3.63) is 0 Å². The van der Waals surface area contributed by atoms with Crippen molar-refractivity contribution >= 4 is 5.91 Å². The molecule has 3 atom stereocenters. The van der Waals surface area contributed by atoms with Crippen LogP contribution in [-0.2, 0) is 4.79 Å². The van der Waals surface area contributed by atoms with Gasteiger partial charge in [0.1, 0.15) is 0 Å². The van der Waals surface area contributed by atoms with Gasteiger partial charge < -0.3 is 10.6 Å². The van der Waals surface area contributed by atoms with Crippen LogP contribution in [0.4, 0.5) is 0 Å². The van der Waals surface area contributed by atoms with E-state index in [0.717, 1.165) is 32.2 Å². The van der Waals surface area contributed by atoms with Crippen LogP contribution in [0.2, 0.25) is 0 Å². The molecule has 2 N–H and O–H groups in total. The lowest BCUT2D eigenvalue weighted by atomic mass is 9.91. The zero-order valence-corrected chi connectivity index (χ0v) is 11.8. The van der Waals surface area contributed by atoms with E-state index in [1.807, 2.05) is 6.92 Å². The minimum absolute atomic E-state index is 0.232. The van der Waals surface area contributed by atoms with Crippen LogP contribution >= 0.6 is 0 Å². The van der Waals surface area contributed by atoms with Crippen LogP contribution in [0.5, 0.6) is 0 Å². The van der Waals surface area contributed by atoms with Gasteiger partial charge in [-0.1, -0.05) is 20.8 Å². The van der Waals surface area contributed by atoms with E-state index in [4.69, 9.17) is 5.73 Å². The first-order valence-corrected chi connectivity index (χ1v) is 6.96. The highest BCUT2D eigenvalue weighted by Gasteiger charge is 2.30. The molecule has 0 aromatic rings. The number of carbonyl (C=O) groups excluding carboxylic acids is 1. The van der Waals surface area contributed by atoms with Crippen molar-refractivity contribution in [1.82, 2.24) is 4.90 Å². The van der Waals surface area contributed by atoms with Crippen LogP contribution in [0.25, 0.3) is 0 Å². The van der Waals surface area contributed by atoms with Crippen molar-refractivity contribution < 1.29 is 4.79 Å². The lowest BCUT2D eigenvalue weighted by molar-refractivity contribution is -0.138. The van der Waals surface area contributed by atoms with Gasteiger partial charge in [0, 0.05) is 25.0 Å². The lowest BCUT2D eigenvalue weighted by Gasteiger charge is -2.39. The van der Waals surface area contributed by atoms with Gasteiger partial charge in [0.2, 0.25) is 5.91 Å². The number of rotatable bonds is 5. The Kier molecular flexibility index (Phi) is 5.44. The third kappa shape index (κ3) is 4.30. The molecule has 0 aliphatic carbocycles. The van der Waals surface area contributed by atoms with Crippen molar-refractivity contribution in [2.45, 2.75) is 65.5 Å². The molecule has 3 nitrogen and oxygen atoms in total. The topological polar surface area (TPSA) is 46.3 Å². The smallest absolute Gasteiger partial charge is 0.223 e. The number of likely N-dealkylation sites (tertiary alicyclic amines) is 1. The largest absolute Gasteiger partial charge is 0.339 e. The molecule has 1 saturated heterocycles. The van der Waals surface area contributed by atoms with Crippen LogP contribution in [0, 0.1) is 11.8 Å². The Balaban J connectivity index is 2.60. The number of hydrogen-bond donors (Lipinski definition) is 1. The maximum Gasteiger partial charge on any atom is 0.223 e. The van der Waals surface area contributed by atoms with E-state index in [2.05, 4.69) is 25.7 Å². The van der Waals surface area contributed by atoms with Crippen LogP contribution < -0.4 is 5.73 Å². The molecule has 1 heterocycles. The molecule has 3 heteroatoms. The van der Waals surface area contributed by atoms with E-state index < -0.39 is 0 Å². The Labute approximate surface area is 106 Å². The summed E-state index contributed by atoms with van der Waals surface area (Å²) in [6, 6.07) is 0.607. The Morgan fingerprint density at radius 1 is 1.35 bits per heavy atom. The van der Waals surface area contributed by atoms with Gasteiger partial charge >= 0.3 is 0 Å². The second-order valence-electron chi connectivity index (χ2n) is 6.05. The van der Waals surface area contributed by atoms with Gasteiger partial charge in [-0.15, -0.1) is 0 Å². The van der Waals surface area contributed by atoms with Gasteiger partial charge in [0.25, 0.3) is 0 Å². The molecular formula is C14H28N2O. The van der Waals surface area contributed by atoms with E-state index in [1.54, 1.807) is 0 Å². The fourth-order valence-electron chi connectivity index (χ4n) is 2.64. The second-order valence-corrected chi connectivity index (χ2v) is 6.05. The van der Waals surface area contributed by atoms with Gasteiger partial charge in [0.15, 0.2) is 0 Å². The van der Waals surface area contributed by atoms with Crippen molar-refractivity contribution in [2.75, 3.05) is 6.54 Å². The summed E-state index contributed by atoms with van der Waals surface area (Å²) in [6.07, 6.45) is 3.91. The summed E-state index contributed by atoms with van der Waals surface area (Å²) >= 11 is 0. The third-order valence-corrected chi connectivity index (χ3v) is 3.79. The quantitative estimate of drug-likeness (QED) is 0.802. The lowest BCUT2D eigenvalue weighted by Crippen LogP contribution is -2.47. The normalized spacial score (nSPS) is 25.2. The monoisotopic (exact) mass is 240 g/mol. The molecule has 0 spiro atoms. The fraction of sp³-hybridized carbons (Fsp3) is 0.929. The van der Waals surface area contributed by atoms with Crippen LogP contribution in [-0.4, -0.2) is 29.4 Å². The average Bonchev–Trinajstić information content (AvgIpc) is 2.20.